The molecule has 0 spiro atoms. The molecule has 2 aliphatic rings. The first-order valence-corrected chi connectivity index (χ1v) is 9.72. The Labute approximate surface area is 137 Å². The molecule has 3 rings (SSSR count). The molecular weight excluding hydrogens is 316 g/mol. The minimum Gasteiger partial charge on any atom is -0.375 e. The lowest BCUT2D eigenvalue weighted by atomic mass is 10.00. The van der Waals surface area contributed by atoms with Crippen molar-refractivity contribution in [1.82, 2.24) is 4.90 Å². The molecule has 0 saturated carbocycles. The summed E-state index contributed by atoms with van der Waals surface area (Å²) in [6.07, 6.45) is 2.83. The van der Waals surface area contributed by atoms with Crippen molar-refractivity contribution >= 4 is 21.6 Å². The maximum Gasteiger partial charge on any atom is 0.254 e. The number of hydrogen-bond acceptors (Lipinski definition) is 4. The molecule has 1 unspecified atom stereocenters. The first kappa shape index (κ1) is 16.3. The van der Waals surface area contributed by atoms with Crippen LogP contribution in [0.1, 0.15) is 29.3 Å². The average Bonchev–Trinajstić information content (AvgIpc) is 2.52. The molecule has 23 heavy (non-hydrogen) atoms. The molecule has 1 saturated heterocycles. The Kier molecular flexibility index (Phi) is 4.33. The van der Waals surface area contributed by atoms with Gasteiger partial charge in [-0.3, -0.25) is 9.10 Å². The van der Waals surface area contributed by atoms with Crippen molar-refractivity contribution in [2.24, 2.45) is 0 Å². The largest absolute Gasteiger partial charge is 0.375 e. The molecule has 1 amide bonds. The van der Waals surface area contributed by atoms with E-state index in [1.807, 2.05) is 13.0 Å². The van der Waals surface area contributed by atoms with E-state index in [1.165, 1.54) is 10.6 Å². The number of sulfonamides is 1. The van der Waals surface area contributed by atoms with Gasteiger partial charge in [-0.2, -0.15) is 0 Å². The highest BCUT2D eigenvalue weighted by atomic mass is 32.2. The fourth-order valence-corrected chi connectivity index (χ4v) is 4.22. The summed E-state index contributed by atoms with van der Waals surface area (Å²) in [5.74, 6) is -0.0144. The Hall–Kier alpha value is -1.60. The zero-order valence-corrected chi connectivity index (χ0v) is 14.3. The first-order chi connectivity index (χ1) is 10.9. The van der Waals surface area contributed by atoms with Crippen molar-refractivity contribution in [2.45, 2.75) is 25.9 Å². The zero-order valence-electron chi connectivity index (χ0n) is 13.5. The van der Waals surface area contributed by atoms with Crippen LogP contribution in [0.4, 0.5) is 5.69 Å². The Bertz CT molecular complexity index is 717. The van der Waals surface area contributed by atoms with Crippen LogP contribution in [0, 0.1) is 0 Å². The maximum atomic E-state index is 12.6. The molecule has 0 bridgehead atoms. The van der Waals surface area contributed by atoms with Crippen LogP contribution in [0.5, 0.6) is 0 Å². The molecule has 126 valence electrons. The van der Waals surface area contributed by atoms with Gasteiger partial charge in [-0.25, -0.2) is 8.42 Å². The summed E-state index contributed by atoms with van der Waals surface area (Å²) >= 11 is 0. The van der Waals surface area contributed by atoms with Crippen molar-refractivity contribution in [3.63, 3.8) is 0 Å². The number of amides is 1. The summed E-state index contributed by atoms with van der Waals surface area (Å²) in [4.78, 5) is 14.4. The van der Waals surface area contributed by atoms with Gasteiger partial charge in [0.15, 0.2) is 0 Å². The predicted octanol–water partition coefficient (Wildman–Crippen LogP) is 1.26. The van der Waals surface area contributed by atoms with Gasteiger partial charge >= 0.3 is 0 Å². The van der Waals surface area contributed by atoms with E-state index in [1.54, 1.807) is 17.0 Å². The van der Waals surface area contributed by atoms with Crippen LogP contribution in [0.15, 0.2) is 18.2 Å². The number of carbonyl (C=O) groups excluding carboxylic acids is 1. The van der Waals surface area contributed by atoms with Crippen molar-refractivity contribution in [1.29, 1.82) is 0 Å². The van der Waals surface area contributed by atoms with Crippen molar-refractivity contribution < 1.29 is 17.9 Å². The standard InChI is InChI=1S/C16H22N2O4S/c1-12-11-17(8-9-22-12)16(19)14-5-6-15-13(10-14)4-3-7-18(15)23(2,20)21/h5-6,10,12H,3-4,7-9,11H2,1-2H3. The summed E-state index contributed by atoms with van der Waals surface area (Å²) < 4.78 is 30.7. The van der Waals surface area contributed by atoms with Crippen LogP contribution in [-0.2, 0) is 21.2 Å². The lowest BCUT2D eigenvalue weighted by Crippen LogP contribution is -2.44. The quantitative estimate of drug-likeness (QED) is 0.814. The highest BCUT2D eigenvalue weighted by Crippen LogP contribution is 2.30. The summed E-state index contributed by atoms with van der Waals surface area (Å²) in [6.45, 7) is 4.19. The second-order valence-corrected chi connectivity index (χ2v) is 8.12. The second-order valence-electron chi connectivity index (χ2n) is 6.21. The summed E-state index contributed by atoms with van der Waals surface area (Å²) in [7, 11) is -3.28. The van der Waals surface area contributed by atoms with Gasteiger partial charge in [0.2, 0.25) is 10.0 Å². The minimum absolute atomic E-state index is 0.0144. The lowest BCUT2D eigenvalue weighted by Gasteiger charge is -2.32. The minimum atomic E-state index is -3.28. The predicted molar refractivity (Wildman–Crippen MR) is 88.3 cm³/mol. The van der Waals surface area contributed by atoms with Gasteiger partial charge in [0.1, 0.15) is 0 Å². The number of rotatable bonds is 2. The fraction of sp³-hybridized carbons (Fsp3) is 0.562. The van der Waals surface area contributed by atoms with E-state index in [4.69, 9.17) is 4.74 Å². The Morgan fingerprint density at radius 2 is 2.09 bits per heavy atom. The normalized spacial score (nSPS) is 21.9. The van der Waals surface area contributed by atoms with Crippen LogP contribution >= 0.6 is 0 Å². The summed E-state index contributed by atoms with van der Waals surface area (Å²) in [5, 5.41) is 0. The molecule has 1 aromatic rings. The van der Waals surface area contributed by atoms with E-state index >= 15 is 0 Å². The molecule has 2 heterocycles. The van der Waals surface area contributed by atoms with Crippen LogP contribution in [0.25, 0.3) is 0 Å². The van der Waals surface area contributed by atoms with E-state index < -0.39 is 10.0 Å². The second kappa shape index (κ2) is 6.13. The first-order valence-electron chi connectivity index (χ1n) is 7.88. The van der Waals surface area contributed by atoms with Gasteiger partial charge < -0.3 is 9.64 Å². The Morgan fingerprint density at radius 3 is 2.78 bits per heavy atom. The number of hydrogen-bond donors (Lipinski definition) is 0. The number of ether oxygens (including phenoxy) is 1. The van der Waals surface area contributed by atoms with E-state index in [0.717, 1.165) is 18.4 Å². The number of fused-ring (bicyclic) bond motifs is 1. The van der Waals surface area contributed by atoms with E-state index in [9.17, 15) is 13.2 Å². The molecular formula is C16H22N2O4S. The van der Waals surface area contributed by atoms with Crippen LogP contribution in [0.2, 0.25) is 0 Å². The topological polar surface area (TPSA) is 66.9 Å². The number of aryl methyl sites for hydroxylation is 1. The third-order valence-electron chi connectivity index (χ3n) is 4.33. The average molecular weight is 338 g/mol. The van der Waals surface area contributed by atoms with Crippen LogP contribution < -0.4 is 4.31 Å². The van der Waals surface area contributed by atoms with Gasteiger partial charge in [-0.05, 0) is 43.5 Å². The van der Waals surface area contributed by atoms with E-state index in [0.29, 0.717) is 37.5 Å². The highest BCUT2D eigenvalue weighted by molar-refractivity contribution is 7.92. The molecule has 0 N–H and O–H groups in total. The fourth-order valence-electron chi connectivity index (χ4n) is 3.23. The molecule has 0 aromatic heterocycles. The number of benzene rings is 1. The highest BCUT2D eigenvalue weighted by Gasteiger charge is 2.27. The summed E-state index contributed by atoms with van der Waals surface area (Å²) in [6, 6.07) is 5.33. The molecule has 1 aromatic carbocycles. The Balaban J connectivity index is 1.87. The molecule has 7 heteroatoms. The molecule has 2 aliphatic heterocycles. The zero-order chi connectivity index (χ0) is 16.6. The lowest BCUT2D eigenvalue weighted by molar-refractivity contribution is -0.0124. The smallest absolute Gasteiger partial charge is 0.254 e. The van der Waals surface area contributed by atoms with Gasteiger partial charge in [0, 0.05) is 25.2 Å². The molecule has 6 nitrogen and oxygen atoms in total. The molecule has 1 fully saturated rings. The number of anilines is 1. The van der Waals surface area contributed by atoms with E-state index in [2.05, 4.69) is 0 Å². The maximum absolute atomic E-state index is 12.6. The number of nitrogens with zero attached hydrogens (tertiary/aromatic N) is 2. The van der Waals surface area contributed by atoms with Crippen molar-refractivity contribution in [3.8, 4) is 0 Å². The Morgan fingerprint density at radius 1 is 1.30 bits per heavy atom. The van der Waals surface area contributed by atoms with Gasteiger partial charge in [0.25, 0.3) is 5.91 Å². The summed E-state index contributed by atoms with van der Waals surface area (Å²) in [5.41, 5.74) is 2.24. The SMILES string of the molecule is CC1CN(C(=O)c2ccc3c(c2)CCCN3S(C)(=O)=O)CCO1. The number of carbonyl (C=O) groups is 1. The van der Waals surface area contributed by atoms with E-state index in [-0.39, 0.29) is 12.0 Å². The van der Waals surface area contributed by atoms with Crippen molar-refractivity contribution in [3.05, 3.63) is 29.3 Å². The van der Waals surface area contributed by atoms with Crippen LogP contribution in [0.3, 0.4) is 0 Å². The van der Waals surface area contributed by atoms with Gasteiger partial charge in [-0.1, -0.05) is 0 Å². The monoisotopic (exact) mass is 338 g/mol. The third-order valence-corrected chi connectivity index (χ3v) is 5.51. The third kappa shape index (κ3) is 3.35. The van der Waals surface area contributed by atoms with Gasteiger partial charge in [-0.15, -0.1) is 0 Å². The molecule has 0 radical (unpaired) electrons. The van der Waals surface area contributed by atoms with Gasteiger partial charge in [0.05, 0.1) is 24.7 Å². The van der Waals surface area contributed by atoms with Crippen molar-refractivity contribution in [2.75, 3.05) is 36.8 Å². The number of morpholine rings is 1. The molecule has 1 atom stereocenters. The molecule has 0 aliphatic carbocycles. The van der Waals surface area contributed by atoms with Crippen LogP contribution in [-0.4, -0.2) is 57.8 Å².